The zero-order chi connectivity index (χ0) is 10.9. The van der Waals surface area contributed by atoms with Gasteiger partial charge in [0.05, 0.1) is 6.54 Å². The van der Waals surface area contributed by atoms with Crippen molar-refractivity contribution in [3.8, 4) is 6.19 Å². The highest BCUT2D eigenvalue weighted by Crippen LogP contribution is 2.08. The number of nitrogens with zero attached hydrogens (tertiary/aromatic N) is 3. The fraction of sp³-hybridized carbons (Fsp3) is 0.375. The Balaban J connectivity index is 2.07. The average Bonchev–Trinajstić information content (AvgIpc) is 2.70. The fourth-order valence-corrected chi connectivity index (χ4v) is 1.62. The number of nitrogens with one attached hydrogen (secondary N) is 2. The van der Waals surface area contributed by atoms with E-state index < -0.39 is 0 Å². The van der Waals surface area contributed by atoms with E-state index in [1.165, 1.54) is 0 Å². The Morgan fingerprint density at radius 2 is 2.67 bits per heavy atom. The molecule has 0 saturated carbocycles. The Labute approximate surface area is 92.0 Å². The molecular formula is C8H12N6S. The van der Waals surface area contributed by atoms with Gasteiger partial charge >= 0.3 is 0 Å². The van der Waals surface area contributed by atoms with Gasteiger partial charge in [-0.05, 0) is 6.07 Å². The summed E-state index contributed by atoms with van der Waals surface area (Å²) in [6.07, 6.45) is 3.43. The van der Waals surface area contributed by atoms with Crippen LogP contribution >= 0.6 is 11.8 Å². The zero-order valence-electron chi connectivity index (χ0n) is 8.10. The molecule has 15 heavy (non-hydrogen) atoms. The summed E-state index contributed by atoms with van der Waals surface area (Å²) in [5.74, 6) is 1.90. The number of nitrogens with two attached hydrogens (primary N) is 1. The summed E-state index contributed by atoms with van der Waals surface area (Å²) in [4.78, 5) is 3.95. The van der Waals surface area contributed by atoms with E-state index in [2.05, 4.69) is 20.5 Å². The van der Waals surface area contributed by atoms with Crippen molar-refractivity contribution in [2.24, 2.45) is 10.7 Å². The minimum absolute atomic E-state index is 0.166. The van der Waals surface area contributed by atoms with Crippen LogP contribution in [0.5, 0.6) is 0 Å². The number of H-pyrrole nitrogens is 1. The van der Waals surface area contributed by atoms with E-state index in [0.29, 0.717) is 6.54 Å². The molecule has 0 saturated heterocycles. The van der Waals surface area contributed by atoms with Gasteiger partial charge in [0, 0.05) is 23.4 Å². The van der Waals surface area contributed by atoms with Crippen molar-refractivity contribution in [3.63, 3.8) is 0 Å². The first-order valence-electron chi connectivity index (χ1n) is 4.34. The minimum Gasteiger partial charge on any atom is -0.369 e. The second-order valence-electron chi connectivity index (χ2n) is 2.64. The number of rotatable bonds is 5. The molecular weight excluding hydrogens is 212 g/mol. The van der Waals surface area contributed by atoms with Crippen molar-refractivity contribution in [2.75, 3.05) is 12.3 Å². The summed E-state index contributed by atoms with van der Waals surface area (Å²) < 4.78 is 0. The molecule has 0 aliphatic heterocycles. The molecule has 4 N–H and O–H groups in total. The van der Waals surface area contributed by atoms with Crippen molar-refractivity contribution in [1.29, 1.82) is 5.26 Å². The average molecular weight is 224 g/mol. The van der Waals surface area contributed by atoms with E-state index in [1.54, 1.807) is 24.2 Å². The molecule has 0 atom stereocenters. The van der Waals surface area contributed by atoms with Crippen LogP contribution in [0.2, 0.25) is 0 Å². The monoisotopic (exact) mass is 224 g/mol. The Morgan fingerprint density at radius 3 is 3.33 bits per heavy atom. The summed E-state index contributed by atoms with van der Waals surface area (Å²) in [5.41, 5.74) is 6.44. The van der Waals surface area contributed by atoms with Gasteiger partial charge in [0.15, 0.2) is 6.19 Å². The van der Waals surface area contributed by atoms with Gasteiger partial charge < -0.3 is 5.73 Å². The topological polar surface area (TPSA) is 103 Å². The molecule has 1 heterocycles. The van der Waals surface area contributed by atoms with Gasteiger partial charge in [0.1, 0.15) is 0 Å². The van der Waals surface area contributed by atoms with Gasteiger partial charge in [-0.3, -0.25) is 15.4 Å². The number of thioether (sulfide) groups is 1. The normalized spacial score (nSPS) is 11.0. The van der Waals surface area contributed by atoms with Crippen LogP contribution in [0.1, 0.15) is 5.69 Å². The molecule has 0 aromatic carbocycles. The lowest BCUT2D eigenvalue weighted by Crippen LogP contribution is -2.27. The van der Waals surface area contributed by atoms with Crippen LogP contribution in [0.25, 0.3) is 0 Å². The highest BCUT2D eigenvalue weighted by molar-refractivity contribution is 7.98. The molecule has 0 radical (unpaired) electrons. The molecule has 7 heteroatoms. The minimum atomic E-state index is 0.166. The van der Waals surface area contributed by atoms with Crippen LogP contribution in [-0.4, -0.2) is 28.5 Å². The van der Waals surface area contributed by atoms with Gasteiger partial charge in [0.2, 0.25) is 5.96 Å². The Kier molecular flexibility index (Phi) is 5.11. The molecule has 0 amide bonds. The van der Waals surface area contributed by atoms with Gasteiger partial charge in [-0.2, -0.15) is 22.1 Å². The molecule has 0 spiro atoms. The van der Waals surface area contributed by atoms with Crippen molar-refractivity contribution in [1.82, 2.24) is 15.5 Å². The SMILES string of the molecule is N#CNC(N)=NCCSCc1ccn[nH]1. The number of aliphatic imine (C=N–C) groups is 1. The summed E-state index contributed by atoms with van der Waals surface area (Å²) in [6.45, 7) is 0.597. The number of hydrogen-bond donors (Lipinski definition) is 3. The van der Waals surface area contributed by atoms with Gasteiger partial charge in [-0.25, -0.2) is 0 Å². The molecule has 0 bridgehead atoms. The van der Waals surface area contributed by atoms with Crippen LogP contribution in [0, 0.1) is 11.5 Å². The largest absolute Gasteiger partial charge is 0.369 e. The summed E-state index contributed by atoms with van der Waals surface area (Å²) in [6, 6.07) is 1.93. The third-order valence-corrected chi connectivity index (χ3v) is 2.50. The lowest BCUT2D eigenvalue weighted by atomic mass is 10.5. The Hall–Kier alpha value is -1.68. The summed E-state index contributed by atoms with van der Waals surface area (Å²) >= 11 is 1.73. The lowest BCUT2D eigenvalue weighted by molar-refractivity contribution is 1.03. The van der Waals surface area contributed by atoms with Crippen molar-refractivity contribution < 1.29 is 0 Å². The Bertz CT molecular complexity index is 339. The fourth-order valence-electron chi connectivity index (χ4n) is 0.875. The van der Waals surface area contributed by atoms with Crippen LogP contribution in [0.15, 0.2) is 17.3 Å². The second kappa shape index (κ2) is 6.73. The maximum Gasteiger partial charge on any atom is 0.202 e. The predicted molar refractivity (Wildman–Crippen MR) is 60.0 cm³/mol. The van der Waals surface area contributed by atoms with Gasteiger partial charge in [0.25, 0.3) is 0 Å². The molecule has 1 rings (SSSR count). The summed E-state index contributed by atoms with van der Waals surface area (Å²) in [5, 5.41) is 17.2. The Morgan fingerprint density at radius 1 is 1.80 bits per heavy atom. The predicted octanol–water partition coefficient (Wildman–Crippen LogP) is 0.0283. The molecule has 0 fully saturated rings. The van der Waals surface area contributed by atoms with E-state index in [-0.39, 0.29) is 5.96 Å². The molecule has 0 unspecified atom stereocenters. The molecule has 80 valence electrons. The van der Waals surface area contributed by atoms with E-state index in [0.717, 1.165) is 17.2 Å². The lowest BCUT2D eigenvalue weighted by Gasteiger charge is -1.97. The smallest absolute Gasteiger partial charge is 0.202 e. The highest BCUT2D eigenvalue weighted by atomic mass is 32.2. The highest BCUT2D eigenvalue weighted by Gasteiger charge is 1.94. The van der Waals surface area contributed by atoms with E-state index in [1.807, 2.05) is 6.07 Å². The maximum atomic E-state index is 8.23. The van der Waals surface area contributed by atoms with Crippen LogP contribution in [0.3, 0.4) is 0 Å². The molecule has 0 aliphatic carbocycles. The first kappa shape index (κ1) is 11.4. The standard InChI is InChI=1S/C8H12N6S/c9-6-12-8(10)11-3-4-15-5-7-1-2-13-14-7/h1-2H,3-5H2,(H,13,14)(H3,10,11,12). The van der Waals surface area contributed by atoms with E-state index >= 15 is 0 Å². The zero-order valence-corrected chi connectivity index (χ0v) is 8.92. The number of guanidine groups is 1. The number of aromatic amines is 1. The third kappa shape index (κ3) is 4.93. The van der Waals surface area contributed by atoms with Gasteiger partial charge in [-0.1, -0.05) is 0 Å². The third-order valence-electron chi connectivity index (χ3n) is 1.52. The van der Waals surface area contributed by atoms with Crippen molar-refractivity contribution >= 4 is 17.7 Å². The van der Waals surface area contributed by atoms with E-state index in [9.17, 15) is 0 Å². The quantitative estimate of drug-likeness (QED) is 0.215. The van der Waals surface area contributed by atoms with Crippen LogP contribution in [0.4, 0.5) is 0 Å². The van der Waals surface area contributed by atoms with Crippen LogP contribution < -0.4 is 11.1 Å². The molecule has 6 nitrogen and oxygen atoms in total. The maximum absolute atomic E-state index is 8.23. The first-order chi connectivity index (χ1) is 7.33. The van der Waals surface area contributed by atoms with Crippen LogP contribution in [-0.2, 0) is 5.75 Å². The summed E-state index contributed by atoms with van der Waals surface area (Å²) in [7, 11) is 0. The van der Waals surface area contributed by atoms with E-state index in [4.69, 9.17) is 11.0 Å². The van der Waals surface area contributed by atoms with Gasteiger partial charge in [-0.15, -0.1) is 0 Å². The second-order valence-corrected chi connectivity index (χ2v) is 3.74. The number of aromatic nitrogens is 2. The number of nitriles is 1. The van der Waals surface area contributed by atoms with Crippen molar-refractivity contribution in [3.05, 3.63) is 18.0 Å². The molecule has 1 aromatic heterocycles. The number of hydrogen-bond acceptors (Lipinski definition) is 4. The molecule has 1 aromatic rings. The molecule has 0 aliphatic rings. The first-order valence-corrected chi connectivity index (χ1v) is 5.49. The van der Waals surface area contributed by atoms with Crippen molar-refractivity contribution in [2.45, 2.75) is 5.75 Å².